The van der Waals surface area contributed by atoms with Crippen LogP contribution in [0.2, 0.25) is 0 Å². The van der Waals surface area contributed by atoms with Gasteiger partial charge >= 0.3 is 0 Å². The van der Waals surface area contributed by atoms with Gasteiger partial charge in [-0.25, -0.2) is 4.98 Å². The van der Waals surface area contributed by atoms with E-state index >= 15 is 0 Å². The molecule has 4 rings (SSSR count). The fourth-order valence-corrected chi connectivity index (χ4v) is 3.20. The number of carbonyl (C=O) groups excluding carboxylic acids is 1. The van der Waals surface area contributed by atoms with E-state index in [0.717, 1.165) is 49.4 Å². The third-order valence-electron chi connectivity index (χ3n) is 4.71. The molecule has 1 amide bonds. The third-order valence-corrected chi connectivity index (χ3v) is 4.71. The number of rotatable bonds is 6. The minimum atomic E-state index is -0.0959. The fourth-order valence-electron chi connectivity index (χ4n) is 3.20. The molecule has 7 nitrogen and oxygen atoms in total. The zero-order valence-corrected chi connectivity index (χ0v) is 15.6. The highest BCUT2D eigenvalue weighted by Gasteiger charge is 2.11. The Morgan fingerprint density at radius 1 is 1.07 bits per heavy atom. The number of fused-ring (bicyclic) bond motifs is 1. The molecule has 1 saturated heterocycles. The summed E-state index contributed by atoms with van der Waals surface area (Å²) >= 11 is 0. The number of ether oxygens (including phenoxy) is 1. The Balaban J connectivity index is 1.36. The topological polar surface area (TPSA) is 79.4 Å². The summed E-state index contributed by atoms with van der Waals surface area (Å²) < 4.78 is 5.34. The van der Waals surface area contributed by atoms with Crippen molar-refractivity contribution in [2.24, 2.45) is 0 Å². The van der Waals surface area contributed by atoms with Gasteiger partial charge in [0.2, 0.25) is 0 Å². The summed E-state index contributed by atoms with van der Waals surface area (Å²) in [6.45, 7) is 4.80. The maximum atomic E-state index is 12.4. The van der Waals surface area contributed by atoms with Gasteiger partial charge in [-0.3, -0.25) is 14.7 Å². The van der Waals surface area contributed by atoms with Gasteiger partial charge in [-0.05, 0) is 36.4 Å². The Kier molecular flexibility index (Phi) is 5.75. The van der Waals surface area contributed by atoms with Crippen molar-refractivity contribution in [2.75, 3.05) is 44.7 Å². The van der Waals surface area contributed by atoms with Crippen molar-refractivity contribution in [1.29, 1.82) is 0 Å². The van der Waals surface area contributed by atoms with Crippen LogP contribution in [0.1, 0.15) is 10.4 Å². The lowest BCUT2D eigenvalue weighted by Gasteiger charge is -2.26. The van der Waals surface area contributed by atoms with Crippen molar-refractivity contribution >= 4 is 28.3 Å². The molecular formula is C21H23N5O2. The van der Waals surface area contributed by atoms with Crippen molar-refractivity contribution in [3.63, 3.8) is 0 Å². The Labute approximate surface area is 163 Å². The van der Waals surface area contributed by atoms with Gasteiger partial charge in [0.25, 0.3) is 5.91 Å². The number of hydrogen-bond acceptors (Lipinski definition) is 6. The second kappa shape index (κ2) is 8.77. The molecule has 0 aliphatic carbocycles. The molecule has 28 heavy (non-hydrogen) atoms. The van der Waals surface area contributed by atoms with Gasteiger partial charge in [0.15, 0.2) is 0 Å². The first kappa shape index (κ1) is 18.3. The number of carbonyl (C=O) groups is 1. The van der Waals surface area contributed by atoms with E-state index in [1.54, 1.807) is 24.5 Å². The van der Waals surface area contributed by atoms with Crippen LogP contribution in [0.3, 0.4) is 0 Å². The summed E-state index contributed by atoms with van der Waals surface area (Å²) in [5.41, 5.74) is 2.43. The van der Waals surface area contributed by atoms with E-state index in [0.29, 0.717) is 17.9 Å². The molecule has 0 unspecified atom stereocenters. The normalized spacial score (nSPS) is 14.7. The van der Waals surface area contributed by atoms with Crippen LogP contribution in [0.5, 0.6) is 0 Å². The molecular weight excluding hydrogens is 354 g/mol. The zero-order valence-electron chi connectivity index (χ0n) is 15.6. The Hall–Kier alpha value is -3.03. The Bertz CT molecular complexity index is 956. The van der Waals surface area contributed by atoms with Crippen LogP contribution in [-0.2, 0) is 4.74 Å². The van der Waals surface area contributed by atoms with E-state index < -0.39 is 0 Å². The maximum Gasteiger partial charge on any atom is 0.251 e. The molecule has 1 fully saturated rings. The number of anilines is 2. The number of morpholine rings is 1. The van der Waals surface area contributed by atoms with Gasteiger partial charge in [0, 0.05) is 55.2 Å². The van der Waals surface area contributed by atoms with Crippen LogP contribution in [0.25, 0.3) is 10.9 Å². The zero-order chi connectivity index (χ0) is 19.2. The molecule has 1 aromatic carbocycles. The third kappa shape index (κ3) is 4.62. The molecule has 0 spiro atoms. The van der Waals surface area contributed by atoms with Crippen LogP contribution in [0.15, 0.2) is 54.9 Å². The van der Waals surface area contributed by atoms with Gasteiger partial charge in [-0.15, -0.1) is 0 Å². The largest absolute Gasteiger partial charge is 0.379 e. The van der Waals surface area contributed by atoms with Crippen LogP contribution >= 0.6 is 0 Å². The lowest BCUT2D eigenvalue weighted by atomic mass is 10.2. The smallest absolute Gasteiger partial charge is 0.251 e. The summed E-state index contributed by atoms with van der Waals surface area (Å²) in [4.78, 5) is 23.4. The number of aromatic nitrogens is 2. The maximum absolute atomic E-state index is 12.4. The first-order chi connectivity index (χ1) is 13.8. The Morgan fingerprint density at radius 2 is 1.96 bits per heavy atom. The van der Waals surface area contributed by atoms with Crippen molar-refractivity contribution < 1.29 is 9.53 Å². The van der Waals surface area contributed by atoms with Crippen LogP contribution in [-0.4, -0.2) is 60.2 Å². The van der Waals surface area contributed by atoms with E-state index in [2.05, 4.69) is 25.5 Å². The summed E-state index contributed by atoms with van der Waals surface area (Å²) in [5, 5.41) is 7.28. The fraction of sp³-hybridized carbons (Fsp3) is 0.286. The quantitative estimate of drug-likeness (QED) is 0.687. The van der Waals surface area contributed by atoms with Crippen LogP contribution < -0.4 is 10.6 Å². The molecule has 1 aliphatic heterocycles. The van der Waals surface area contributed by atoms with Crippen molar-refractivity contribution in [2.45, 2.75) is 0 Å². The van der Waals surface area contributed by atoms with E-state index in [-0.39, 0.29) is 5.91 Å². The molecule has 144 valence electrons. The average molecular weight is 377 g/mol. The highest BCUT2D eigenvalue weighted by Crippen LogP contribution is 2.20. The van der Waals surface area contributed by atoms with Gasteiger partial charge < -0.3 is 15.4 Å². The lowest BCUT2D eigenvalue weighted by Crippen LogP contribution is -2.41. The van der Waals surface area contributed by atoms with Crippen LogP contribution in [0, 0.1) is 0 Å². The molecule has 0 saturated carbocycles. The standard InChI is InChI=1S/C21H23N5O2/c27-21(24-8-9-26-10-12-28-13-11-26)17-5-7-23-20(15-17)25-18-3-4-19-16(14-18)2-1-6-22-19/h1-7,14-15H,8-13H2,(H,23,25)(H,24,27). The summed E-state index contributed by atoms with van der Waals surface area (Å²) in [7, 11) is 0. The number of pyridine rings is 2. The molecule has 3 heterocycles. The number of amides is 1. The second-order valence-electron chi connectivity index (χ2n) is 6.68. The molecule has 2 aromatic heterocycles. The minimum absolute atomic E-state index is 0.0959. The van der Waals surface area contributed by atoms with Gasteiger partial charge in [-0.1, -0.05) is 6.07 Å². The average Bonchev–Trinajstić information content (AvgIpc) is 2.74. The van der Waals surface area contributed by atoms with E-state index in [9.17, 15) is 4.79 Å². The summed E-state index contributed by atoms with van der Waals surface area (Å²) in [6.07, 6.45) is 3.42. The van der Waals surface area contributed by atoms with E-state index in [1.165, 1.54) is 0 Å². The summed E-state index contributed by atoms with van der Waals surface area (Å²) in [5.74, 6) is 0.533. The Morgan fingerprint density at radius 3 is 2.86 bits per heavy atom. The van der Waals surface area contributed by atoms with Crippen molar-refractivity contribution in [3.8, 4) is 0 Å². The van der Waals surface area contributed by atoms with E-state index in [1.807, 2.05) is 30.3 Å². The van der Waals surface area contributed by atoms with Gasteiger partial charge in [-0.2, -0.15) is 0 Å². The minimum Gasteiger partial charge on any atom is -0.379 e. The highest BCUT2D eigenvalue weighted by atomic mass is 16.5. The van der Waals surface area contributed by atoms with Gasteiger partial charge in [0.1, 0.15) is 5.82 Å². The molecule has 0 radical (unpaired) electrons. The number of hydrogen-bond donors (Lipinski definition) is 2. The van der Waals surface area contributed by atoms with Gasteiger partial charge in [0.05, 0.1) is 18.7 Å². The summed E-state index contributed by atoms with van der Waals surface area (Å²) in [6, 6.07) is 13.3. The number of benzene rings is 1. The molecule has 7 heteroatoms. The number of nitrogens with zero attached hydrogens (tertiary/aromatic N) is 3. The molecule has 0 atom stereocenters. The lowest BCUT2D eigenvalue weighted by molar-refractivity contribution is 0.0383. The molecule has 2 N–H and O–H groups in total. The van der Waals surface area contributed by atoms with E-state index in [4.69, 9.17) is 4.74 Å². The molecule has 3 aromatic rings. The SMILES string of the molecule is O=C(NCCN1CCOCC1)c1ccnc(Nc2ccc3ncccc3c2)c1. The van der Waals surface area contributed by atoms with Crippen LogP contribution in [0.4, 0.5) is 11.5 Å². The highest BCUT2D eigenvalue weighted by molar-refractivity contribution is 5.95. The first-order valence-electron chi connectivity index (χ1n) is 9.44. The molecule has 1 aliphatic rings. The predicted octanol–water partition coefficient (Wildman–Crippen LogP) is 2.44. The molecule has 0 bridgehead atoms. The van der Waals surface area contributed by atoms with Crippen molar-refractivity contribution in [3.05, 3.63) is 60.4 Å². The number of nitrogens with one attached hydrogen (secondary N) is 2. The predicted molar refractivity (Wildman–Crippen MR) is 109 cm³/mol. The second-order valence-corrected chi connectivity index (χ2v) is 6.68. The van der Waals surface area contributed by atoms with Crippen molar-refractivity contribution in [1.82, 2.24) is 20.2 Å². The monoisotopic (exact) mass is 377 g/mol. The first-order valence-corrected chi connectivity index (χ1v) is 9.44.